The average molecular weight is 222 g/mol. The van der Waals surface area contributed by atoms with E-state index in [9.17, 15) is 0 Å². The molecule has 1 unspecified atom stereocenters. The average Bonchev–Trinajstić information content (AvgIpc) is 2.31. The fourth-order valence-electron chi connectivity index (χ4n) is 1.74. The van der Waals surface area contributed by atoms with E-state index in [0.29, 0.717) is 6.04 Å². The minimum Gasteiger partial charge on any atom is -0.381 e. The summed E-state index contributed by atoms with van der Waals surface area (Å²) in [6.07, 6.45) is 5.84. The summed E-state index contributed by atoms with van der Waals surface area (Å²) >= 11 is 0. The van der Waals surface area contributed by atoms with E-state index in [1.54, 1.807) is 0 Å². The number of hydrogen-bond acceptors (Lipinski definition) is 3. The molecule has 0 spiro atoms. The smallest absolute Gasteiger partial charge is 0.0484 e. The Morgan fingerprint density at radius 3 is 2.88 bits per heavy atom. The molecule has 1 heterocycles. The molecule has 1 N–H and O–H groups in total. The Balaban J connectivity index is 2.51. The van der Waals surface area contributed by atoms with Gasteiger partial charge in [0.1, 0.15) is 0 Å². The van der Waals surface area contributed by atoms with E-state index in [1.165, 1.54) is 11.1 Å². The molecule has 0 aliphatic rings. The molecule has 3 nitrogen and oxygen atoms in total. The molecule has 1 rings (SSSR count). The Bertz CT molecular complexity index is 302. The molecule has 1 aromatic heterocycles. The Morgan fingerprint density at radius 2 is 2.25 bits per heavy atom. The number of nitrogens with zero attached hydrogens (tertiary/aromatic N) is 1. The van der Waals surface area contributed by atoms with Crippen LogP contribution in [0.4, 0.5) is 0 Å². The summed E-state index contributed by atoms with van der Waals surface area (Å²) in [4.78, 5) is 4.18. The molecule has 0 amide bonds. The van der Waals surface area contributed by atoms with Crippen LogP contribution in [0, 0.1) is 6.92 Å². The zero-order valence-electron chi connectivity index (χ0n) is 10.5. The maximum Gasteiger partial charge on any atom is 0.0484 e. The lowest BCUT2D eigenvalue weighted by molar-refractivity contribution is 0.125. The van der Waals surface area contributed by atoms with Crippen LogP contribution in [0.2, 0.25) is 0 Å². The largest absolute Gasteiger partial charge is 0.381 e. The fraction of sp³-hybridized carbons (Fsp3) is 0.615. The van der Waals surface area contributed by atoms with Crippen molar-refractivity contribution < 1.29 is 4.74 Å². The summed E-state index contributed by atoms with van der Waals surface area (Å²) in [5.74, 6) is 0. The molecule has 0 saturated heterocycles. The number of pyridine rings is 1. The molecule has 0 aromatic carbocycles. The van der Waals surface area contributed by atoms with Crippen LogP contribution in [0.25, 0.3) is 0 Å². The van der Waals surface area contributed by atoms with Gasteiger partial charge in [-0.25, -0.2) is 0 Å². The normalized spacial score (nSPS) is 12.7. The summed E-state index contributed by atoms with van der Waals surface area (Å²) < 4.78 is 5.52. The van der Waals surface area contributed by atoms with Crippen molar-refractivity contribution in [3.05, 3.63) is 29.6 Å². The van der Waals surface area contributed by atoms with Gasteiger partial charge in [0.05, 0.1) is 0 Å². The molecule has 0 aliphatic heterocycles. The van der Waals surface area contributed by atoms with Crippen LogP contribution in [0.5, 0.6) is 0 Å². The van der Waals surface area contributed by atoms with Crippen LogP contribution in [-0.4, -0.2) is 25.2 Å². The van der Waals surface area contributed by atoms with Gasteiger partial charge in [-0.3, -0.25) is 4.98 Å². The first-order chi connectivity index (χ1) is 7.79. The molecule has 0 fully saturated rings. The highest BCUT2D eigenvalue weighted by atomic mass is 16.5. The molecule has 0 bridgehead atoms. The highest BCUT2D eigenvalue weighted by molar-refractivity contribution is 5.24. The summed E-state index contributed by atoms with van der Waals surface area (Å²) in [6, 6.07) is 2.39. The number of hydrogen-bond donors (Lipinski definition) is 1. The first-order valence-corrected chi connectivity index (χ1v) is 5.95. The van der Waals surface area contributed by atoms with Gasteiger partial charge in [0.15, 0.2) is 0 Å². The Morgan fingerprint density at radius 1 is 1.44 bits per heavy atom. The van der Waals surface area contributed by atoms with Gasteiger partial charge in [0.25, 0.3) is 0 Å². The van der Waals surface area contributed by atoms with Crippen LogP contribution in [0.15, 0.2) is 18.5 Å². The second-order valence-electron chi connectivity index (χ2n) is 3.97. The molecule has 0 saturated carbocycles. The van der Waals surface area contributed by atoms with E-state index in [4.69, 9.17) is 4.74 Å². The fourth-order valence-corrected chi connectivity index (χ4v) is 1.74. The summed E-state index contributed by atoms with van der Waals surface area (Å²) in [5, 5.41) is 3.32. The third-order valence-electron chi connectivity index (χ3n) is 2.70. The predicted molar refractivity (Wildman–Crippen MR) is 66.5 cm³/mol. The minimum absolute atomic E-state index is 0.338. The van der Waals surface area contributed by atoms with Crippen molar-refractivity contribution in [3.63, 3.8) is 0 Å². The summed E-state index contributed by atoms with van der Waals surface area (Å²) in [6.45, 7) is 5.89. The third kappa shape index (κ3) is 3.91. The lowest BCUT2D eigenvalue weighted by Gasteiger charge is -2.18. The molecular formula is C13H22N2O. The first kappa shape index (κ1) is 13.1. The Hall–Kier alpha value is -0.930. The predicted octanol–water partition coefficient (Wildman–Crippen LogP) is 2.47. The number of aryl methyl sites for hydroxylation is 1. The van der Waals surface area contributed by atoms with Crippen molar-refractivity contribution in [3.8, 4) is 0 Å². The third-order valence-corrected chi connectivity index (χ3v) is 2.70. The maximum absolute atomic E-state index is 5.52. The zero-order chi connectivity index (χ0) is 11.8. The number of ether oxygens (including phenoxy) is 1. The lowest BCUT2D eigenvalue weighted by Crippen LogP contribution is -2.19. The molecule has 0 radical (unpaired) electrons. The molecule has 0 aliphatic carbocycles. The van der Waals surface area contributed by atoms with Gasteiger partial charge in [0.2, 0.25) is 0 Å². The minimum atomic E-state index is 0.338. The van der Waals surface area contributed by atoms with Crippen molar-refractivity contribution in [2.24, 2.45) is 0 Å². The van der Waals surface area contributed by atoms with Crippen molar-refractivity contribution >= 4 is 0 Å². The number of aromatic nitrogens is 1. The monoisotopic (exact) mass is 222 g/mol. The molecule has 1 atom stereocenters. The molecule has 90 valence electrons. The number of nitrogens with one attached hydrogen (secondary N) is 1. The van der Waals surface area contributed by atoms with Crippen molar-refractivity contribution in [1.82, 2.24) is 10.3 Å². The van der Waals surface area contributed by atoms with Crippen LogP contribution in [-0.2, 0) is 4.74 Å². The van der Waals surface area contributed by atoms with Gasteiger partial charge in [-0.1, -0.05) is 6.92 Å². The second-order valence-corrected chi connectivity index (χ2v) is 3.97. The van der Waals surface area contributed by atoms with E-state index < -0.39 is 0 Å². The van der Waals surface area contributed by atoms with Crippen molar-refractivity contribution in [2.45, 2.75) is 32.7 Å². The van der Waals surface area contributed by atoms with Gasteiger partial charge >= 0.3 is 0 Å². The molecule has 3 heteroatoms. The van der Waals surface area contributed by atoms with Crippen LogP contribution >= 0.6 is 0 Å². The quantitative estimate of drug-likeness (QED) is 0.720. The van der Waals surface area contributed by atoms with Crippen LogP contribution in [0.1, 0.15) is 36.9 Å². The standard InChI is InChI=1S/C13H22N2O/c1-4-8-16-9-6-13(14-3)12-10-15-7-5-11(12)2/h5,7,10,13-14H,4,6,8-9H2,1-3H3. The molecular weight excluding hydrogens is 200 g/mol. The van der Waals surface area contributed by atoms with E-state index in [2.05, 4.69) is 24.1 Å². The highest BCUT2D eigenvalue weighted by Gasteiger charge is 2.11. The van der Waals surface area contributed by atoms with E-state index in [0.717, 1.165) is 26.1 Å². The van der Waals surface area contributed by atoms with Gasteiger partial charge in [-0.2, -0.15) is 0 Å². The Labute approximate surface area is 98.2 Å². The van der Waals surface area contributed by atoms with E-state index in [-0.39, 0.29) is 0 Å². The van der Waals surface area contributed by atoms with Gasteiger partial charge in [-0.15, -0.1) is 0 Å². The van der Waals surface area contributed by atoms with Gasteiger partial charge in [0, 0.05) is 31.6 Å². The van der Waals surface area contributed by atoms with E-state index in [1.807, 2.05) is 25.5 Å². The summed E-state index contributed by atoms with van der Waals surface area (Å²) in [7, 11) is 1.98. The van der Waals surface area contributed by atoms with Gasteiger partial charge < -0.3 is 10.1 Å². The Kier molecular flexibility index (Phi) is 6.04. The topological polar surface area (TPSA) is 34.1 Å². The van der Waals surface area contributed by atoms with Crippen LogP contribution in [0.3, 0.4) is 0 Å². The lowest BCUT2D eigenvalue weighted by atomic mass is 10.0. The van der Waals surface area contributed by atoms with E-state index >= 15 is 0 Å². The maximum atomic E-state index is 5.52. The van der Waals surface area contributed by atoms with Crippen molar-refractivity contribution in [2.75, 3.05) is 20.3 Å². The number of rotatable bonds is 7. The van der Waals surface area contributed by atoms with Crippen molar-refractivity contribution in [1.29, 1.82) is 0 Å². The molecule has 1 aromatic rings. The zero-order valence-corrected chi connectivity index (χ0v) is 10.5. The molecule has 16 heavy (non-hydrogen) atoms. The highest BCUT2D eigenvalue weighted by Crippen LogP contribution is 2.18. The first-order valence-electron chi connectivity index (χ1n) is 5.95. The summed E-state index contributed by atoms with van der Waals surface area (Å²) in [5.41, 5.74) is 2.55. The SMILES string of the molecule is CCCOCCC(NC)c1cnccc1C. The van der Waals surface area contributed by atoms with Crippen LogP contribution < -0.4 is 5.32 Å². The van der Waals surface area contributed by atoms with Gasteiger partial charge in [-0.05, 0) is 44.0 Å². The second kappa shape index (κ2) is 7.36.